The molecule has 0 fully saturated rings. The summed E-state index contributed by atoms with van der Waals surface area (Å²) in [4.78, 5) is 23.8. The van der Waals surface area contributed by atoms with E-state index < -0.39 is 11.9 Å². The van der Waals surface area contributed by atoms with Crippen molar-refractivity contribution in [2.24, 2.45) is 0 Å². The van der Waals surface area contributed by atoms with Crippen LogP contribution in [-0.2, 0) is 16.0 Å². The molecule has 2 rings (SSSR count). The molecular weight excluding hydrogens is 385 g/mol. The molecule has 4 N–H and O–H groups in total. The summed E-state index contributed by atoms with van der Waals surface area (Å²) >= 11 is 0. The number of carbonyl (C=O) groups excluding carboxylic acids is 2. The molecule has 6 nitrogen and oxygen atoms in total. The van der Waals surface area contributed by atoms with Gasteiger partial charge in [0.2, 0.25) is 5.91 Å². The van der Waals surface area contributed by atoms with E-state index in [0.29, 0.717) is 43.5 Å². The van der Waals surface area contributed by atoms with Gasteiger partial charge in [-0.25, -0.2) is 9.87 Å². The molecule has 0 bridgehead atoms. The lowest BCUT2D eigenvalue weighted by atomic mass is 10.1. The van der Waals surface area contributed by atoms with Crippen molar-refractivity contribution in [2.75, 3.05) is 11.9 Å². The molecule has 0 aromatic heterocycles. The van der Waals surface area contributed by atoms with E-state index in [1.54, 1.807) is 24.5 Å². The molecule has 0 aliphatic heterocycles. The smallest absolute Gasteiger partial charge is 0.265 e. The molecule has 0 radical (unpaired) electrons. The molecule has 0 unspecified atom stereocenters. The number of hydrogen-bond donors (Lipinski definition) is 4. The molecule has 2 aromatic carbocycles. The highest BCUT2D eigenvalue weighted by Crippen LogP contribution is 2.16. The van der Waals surface area contributed by atoms with Gasteiger partial charge in [-0.15, -0.1) is 0 Å². The summed E-state index contributed by atoms with van der Waals surface area (Å²) < 4.78 is 13.4. The second-order valence-corrected chi connectivity index (χ2v) is 7.32. The normalized spacial score (nSPS) is 11.6. The van der Waals surface area contributed by atoms with E-state index in [4.69, 9.17) is 5.21 Å². The van der Waals surface area contributed by atoms with Crippen LogP contribution in [0.5, 0.6) is 0 Å². The topological polar surface area (TPSA) is 90.5 Å². The molecule has 0 aliphatic carbocycles. The van der Waals surface area contributed by atoms with Gasteiger partial charge >= 0.3 is 0 Å². The number of amides is 2. The van der Waals surface area contributed by atoms with E-state index in [0.717, 1.165) is 12.8 Å². The van der Waals surface area contributed by atoms with Crippen molar-refractivity contribution in [3.05, 3.63) is 65.5 Å². The number of nitrogens with one attached hydrogen (secondary N) is 3. The van der Waals surface area contributed by atoms with Gasteiger partial charge in [0, 0.05) is 18.7 Å². The number of unbranched alkanes of at least 4 members (excludes halogenated alkanes) is 1. The van der Waals surface area contributed by atoms with Crippen molar-refractivity contribution >= 4 is 17.5 Å². The molecule has 0 spiro atoms. The molecular formula is C23H30FN3O3. The predicted molar refractivity (Wildman–Crippen MR) is 115 cm³/mol. The van der Waals surface area contributed by atoms with Gasteiger partial charge in [0.15, 0.2) is 0 Å². The van der Waals surface area contributed by atoms with Crippen LogP contribution in [0.2, 0.25) is 0 Å². The number of hydroxylamine groups is 1. The summed E-state index contributed by atoms with van der Waals surface area (Å²) in [6, 6.07) is 13.9. The lowest BCUT2D eigenvalue weighted by Crippen LogP contribution is -2.38. The molecule has 0 aliphatic rings. The maximum Gasteiger partial charge on any atom is 0.265 e. The number of hydrogen-bond acceptors (Lipinski definition) is 4. The zero-order chi connectivity index (χ0) is 21.8. The Bertz CT molecular complexity index is 815. The van der Waals surface area contributed by atoms with E-state index in [1.165, 1.54) is 11.6 Å². The van der Waals surface area contributed by atoms with Crippen molar-refractivity contribution < 1.29 is 19.2 Å². The van der Waals surface area contributed by atoms with Gasteiger partial charge in [-0.2, -0.15) is 0 Å². The van der Waals surface area contributed by atoms with Crippen LogP contribution in [-0.4, -0.2) is 29.6 Å². The summed E-state index contributed by atoms with van der Waals surface area (Å²) in [6.07, 6.45) is 4.01. The number of aryl methyl sites for hydroxylation is 2. The van der Waals surface area contributed by atoms with Crippen LogP contribution in [0.3, 0.4) is 0 Å². The second-order valence-electron chi connectivity index (χ2n) is 7.32. The fourth-order valence-corrected chi connectivity index (χ4v) is 3.17. The fourth-order valence-electron chi connectivity index (χ4n) is 3.17. The Morgan fingerprint density at radius 2 is 1.83 bits per heavy atom. The number of carbonyl (C=O) groups is 2. The van der Waals surface area contributed by atoms with Crippen LogP contribution in [0, 0.1) is 12.7 Å². The van der Waals surface area contributed by atoms with Gasteiger partial charge in [0.25, 0.3) is 5.91 Å². The Kier molecular flexibility index (Phi) is 9.80. The quantitative estimate of drug-likeness (QED) is 0.242. The van der Waals surface area contributed by atoms with Gasteiger partial charge in [-0.3, -0.25) is 14.8 Å². The molecule has 2 amide bonds. The van der Waals surface area contributed by atoms with Crippen molar-refractivity contribution in [1.29, 1.82) is 0 Å². The monoisotopic (exact) mass is 415 g/mol. The van der Waals surface area contributed by atoms with Crippen molar-refractivity contribution in [3.8, 4) is 0 Å². The minimum atomic E-state index is -0.651. The minimum absolute atomic E-state index is 0.0236. The Hall–Kier alpha value is -2.93. The standard InChI is InChI=1S/C23H30FN3O3/c1-17-16-19(13-14-20(17)24)26-21(23(29)27-30)11-5-6-15-25-22(28)12-7-10-18-8-3-2-4-9-18/h2-4,8-9,13-14,16,21,26,30H,5-7,10-12,15H2,1H3,(H,25,28)(H,27,29)/t21-/m1/s1. The summed E-state index contributed by atoms with van der Waals surface area (Å²) in [5.41, 5.74) is 3.96. The first-order valence-electron chi connectivity index (χ1n) is 10.3. The lowest BCUT2D eigenvalue weighted by molar-refractivity contribution is -0.130. The van der Waals surface area contributed by atoms with E-state index in [9.17, 15) is 14.0 Å². The van der Waals surface area contributed by atoms with Crippen LogP contribution in [0.15, 0.2) is 48.5 Å². The molecule has 0 saturated heterocycles. The van der Waals surface area contributed by atoms with Gasteiger partial charge in [-0.05, 0) is 68.4 Å². The molecule has 0 heterocycles. The largest absolute Gasteiger partial charge is 0.374 e. The number of rotatable bonds is 12. The third kappa shape index (κ3) is 8.21. The maximum atomic E-state index is 13.4. The summed E-state index contributed by atoms with van der Waals surface area (Å²) in [5.74, 6) is -0.847. The number of anilines is 1. The Morgan fingerprint density at radius 3 is 2.53 bits per heavy atom. The molecule has 30 heavy (non-hydrogen) atoms. The fraction of sp³-hybridized carbons (Fsp3) is 0.391. The Balaban J connectivity index is 1.66. The first-order valence-corrected chi connectivity index (χ1v) is 10.3. The molecule has 2 aromatic rings. The molecule has 0 saturated carbocycles. The molecule has 1 atom stereocenters. The van der Waals surface area contributed by atoms with Crippen LogP contribution >= 0.6 is 0 Å². The lowest BCUT2D eigenvalue weighted by Gasteiger charge is -2.18. The highest BCUT2D eigenvalue weighted by Gasteiger charge is 2.17. The van der Waals surface area contributed by atoms with Crippen molar-refractivity contribution in [3.63, 3.8) is 0 Å². The van der Waals surface area contributed by atoms with Crippen molar-refractivity contribution in [2.45, 2.75) is 51.5 Å². The Morgan fingerprint density at radius 1 is 1.07 bits per heavy atom. The van der Waals surface area contributed by atoms with Gasteiger partial charge < -0.3 is 10.6 Å². The van der Waals surface area contributed by atoms with E-state index in [1.807, 2.05) is 18.2 Å². The minimum Gasteiger partial charge on any atom is -0.374 e. The highest BCUT2D eigenvalue weighted by molar-refractivity contribution is 5.83. The summed E-state index contributed by atoms with van der Waals surface area (Å²) in [5, 5.41) is 14.9. The zero-order valence-electron chi connectivity index (χ0n) is 17.3. The Labute approximate surface area is 176 Å². The average molecular weight is 416 g/mol. The first-order chi connectivity index (χ1) is 14.5. The number of halogens is 1. The van der Waals surface area contributed by atoms with E-state index in [-0.39, 0.29) is 11.7 Å². The summed E-state index contributed by atoms with van der Waals surface area (Å²) in [7, 11) is 0. The van der Waals surface area contributed by atoms with Gasteiger partial charge in [0.05, 0.1) is 0 Å². The third-order valence-electron chi connectivity index (χ3n) is 4.88. The van der Waals surface area contributed by atoms with Gasteiger partial charge in [-0.1, -0.05) is 30.3 Å². The number of benzene rings is 2. The van der Waals surface area contributed by atoms with Crippen LogP contribution < -0.4 is 16.1 Å². The highest BCUT2D eigenvalue weighted by atomic mass is 19.1. The average Bonchev–Trinajstić information content (AvgIpc) is 2.75. The first kappa shape index (κ1) is 23.3. The predicted octanol–water partition coefficient (Wildman–Crippen LogP) is 3.73. The molecule has 7 heteroatoms. The zero-order valence-corrected chi connectivity index (χ0v) is 17.3. The van der Waals surface area contributed by atoms with E-state index >= 15 is 0 Å². The van der Waals surface area contributed by atoms with E-state index in [2.05, 4.69) is 22.8 Å². The SMILES string of the molecule is Cc1cc(N[C@H](CCCCNC(=O)CCCc2ccccc2)C(=O)NO)ccc1F. The molecule has 162 valence electrons. The van der Waals surface area contributed by atoms with Crippen LogP contribution in [0.4, 0.5) is 10.1 Å². The van der Waals surface area contributed by atoms with Crippen molar-refractivity contribution in [1.82, 2.24) is 10.8 Å². The second kappa shape index (κ2) is 12.6. The summed E-state index contributed by atoms with van der Waals surface area (Å²) in [6.45, 7) is 2.18. The third-order valence-corrected chi connectivity index (χ3v) is 4.88. The maximum absolute atomic E-state index is 13.4. The van der Waals surface area contributed by atoms with Crippen LogP contribution in [0.25, 0.3) is 0 Å². The van der Waals surface area contributed by atoms with Crippen LogP contribution in [0.1, 0.15) is 43.2 Å². The van der Waals surface area contributed by atoms with Gasteiger partial charge in [0.1, 0.15) is 11.9 Å².